The third-order valence-corrected chi connectivity index (χ3v) is 7.91. The van der Waals surface area contributed by atoms with Gasteiger partial charge in [0.25, 0.3) is 0 Å². The Kier molecular flexibility index (Phi) is 6.61. The van der Waals surface area contributed by atoms with Gasteiger partial charge in [-0.2, -0.15) is 10.5 Å². The predicted octanol–water partition coefficient (Wildman–Crippen LogP) is 10.5. The number of fused-ring (bicyclic) bond motifs is 3. The minimum Gasteiger partial charge on any atom is -0.310 e. The van der Waals surface area contributed by atoms with E-state index in [1.54, 1.807) is 0 Å². The molecule has 0 aromatic heterocycles. The highest BCUT2D eigenvalue weighted by atomic mass is 15.1. The molecule has 3 heteroatoms. The van der Waals surface area contributed by atoms with Crippen LogP contribution in [-0.2, 0) is 0 Å². The number of benzene rings is 7. The Labute approximate surface area is 250 Å². The zero-order chi connectivity index (χ0) is 29.2. The molecule has 43 heavy (non-hydrogen) atoms. The second-order valence-corrected chi connectivity index (χ2v) is 10.4. The number of para-hydroxylation sites is 1. The molecule has 7 aromatic carbocycles. The van der Waals surface area contributed by atoms with Gasteiger partial charge in [-0.25, -0.2) is 0 Å². The van der Waals surface area contributed by atoms with Crippen LogP contribution in [0.2, 0.25) is 0 Å². The van der Waals surface area contributed by atoms with Gasteiger partial charge in [0.2, 0.25) is 0 Å². The van der Waals surface area contributed by atoms with Crippen molar-refractivity contribution in [3.05, 3.63) is 162 Å². The summed E-state index contributed by atoms with van der Waals surface area (Å²) < 4.78 is 0. The molecule has 0 bridgehead atoms. The molecule has 3 nitrogen and oxygen atoms in total. The highest BCUT2D eigenvalue weighted by molar-refractivity contribution is 6.10. The van der Waals surface area contributed by atoms with Crippen molar-refractivity contribution < 1.29 is 0 Å². The summed E-state index contributed by atoms with van der Waals surface area (Å²) in [6.07, 6.45) is 4.13. The third kappa shape index (κ3) is 4.66. The van der Waals surface area contributed by atoms with Crippen molar-refractivity contribution in [1.82, 2.24) is 0 Å². The summed E-state index contributed by atoms with van der Waals surface area (Å²) in [7, 11) is 0. The van der Waals surface area contributed by atoms with Crippen LogP contribution < -0.4 is 4.90 Å². The van der Waals surface area contributed by atoms with Gasteiger partial charge in [0.05, 0.1) is 16.8 Å². The summed E-state index contributed by atoms with van der Waals surface area (Å²) >= 11 is 0. The van der Waals surface area contributed by atoms with Crippen molar-refractivity contribution in [2.45, 2.75) is 0 Å². The fourth-order valence-electron chi connectivity index (χ4n) is 5.88. The van der Waals surface area contributed by atoms with Crippen LogP contribution in [0.3, 0.4) is 0 Å². The van der Waals surface area contributed by atoms with E-state index in [4.69, 9.17) is 0 Å². The van der Waals surface area contributed by atoms with E-state index in [1.807, 2.05) is 48.5 Å². The average Bonchev–Trinajstić information content (AvgIpc) is 3.07. The van der Waals surface area contributed by atoms with Gasteiger partial charge in [0, 0.05) is 38.3 Å². The first-order valence-electron chi connectivity index (χ1n) is 14.1. The topological polar surface area (TPSA) is 50.8 Å². The Hall–Kier alpha value is -6.16. The lowest BCUT2D eigenvalue weighted by Gasteiger charge is -2.27. The summed E-state index contributed by atoms with van der Waals surface area (Å²) in [6.45, 7) is 0. The van der Waals surface area contributed by atoms with Crippen molar-refractivity contribution in [2.24, 2.45) is 0 Å². The smallest absolute Gasteiger partial charge is 0.100 e. The van der Waals surface area contributed by atoms with Crippen molar-refractivity contribution in [3.8, 4) is 12.1 Å². The lowest BCUT2D eigenvalue weighted by atomic mass is 9.91. The summed E-state index contributed by atoms with van der Waals surface area (Å²) in [5.74, 6) is 0. The molecule has 0 radical (unpaired) electrons. The monoisotopic (exact) mass is 547 g/mol. The van der Waals surface area contributed by atoms with Gasteiger partial charge in [0.15, 0.2) is 0 Å². The number of anilines is 3. The fourth-order valence-corrected chi connectivity index (χ4v) is 5.88. The summed E-state index contributed by atoms with van der Waals surface area (Å²) in [4.78, 5) is 2.29. The number of hydrogen-bond acceptors (Lipinski definition) is 3. The summed E-state index contributed by atoms with van der Waals surface area (Å²) in [5, 5.41) is 25.6. The molecule has 0 saturated heterocycles. The van der Waals surface area contributed by atoms with E-state index in [1.165, 1.54) is 10.8 Å². The maximum absolute atomic E-state index is 10.0. The molecule has 0 aliphatic heterocycles. The Morgan fingerprint density at radius 3 is 1.70 bits per heavy atom. The highest BCUT2D eigenvalue weighted by Crippen LogP contribution is 2.39. The SMILES string of the molecule is N#Cc1c2ccccc2c(C#N)c2cc(/C=C\c3ccc(N(c4ccccc4)c4cccc5ccccc45)cc3)ccc12. The molecule has 0 aliphatic carbocycles. The molecule has 0 amide bonds. The Balaban J connectivity index is 1.26. The van der Waals surface area contributed by atoms with Crippen LogP contribution in [0.4, 0.5) is 17.1 Å². The average molecular weight is 548 g/mol. The van der Waals surface area contributed by atoms with Crippen molar-refractivity contribution >= 4 is 61.5 Å². The second-order valence-electron chi connectivity index (χ2n) is 10.4. The van der Waals surface area contributed by atoms with Gasteiger partial charge < -0.3 is 4.90 Å². The van der Waals surface area contributed by atoms with E-state index in [0.717, 1.165) is 49.7 Å². The van der Waals surface area contributed by atoms with Crippen molar-refractivity contribution in [3.63, 3.8) is 0 Å². The first-order chi connectivity index (χ1) is 21.2. The molecule has 0 heterocycles. The molecular weight excluding hydrogens is 522 g/mol. The first kappa shape index (κ1) is 25.8. The van der Waals surface area contributed by atoms with Crippen molar-refractivity contribution in [2.75, 3.05) is 4.90 Å². The number of nitrogens with zero attached hydrogens (tertiary/aromatic N) is 3. The Bertz CT molecular complexity index is 2240. The standard InChI is InChI=1S/C40H25N3/c41-26-38-34-14-6-7-15-35(34)39(27-42)37-25-29(21-24-36(37)38)18-17-28-19-22-32(23-20-28)43(31-11-2-1-3-12-31)40-16-8-10-30-9-4-5-13-33(30)40/h1-25H/b18-17-. The molecule has 7 rings (SSSR count). The molecule has 200 valence electrons. The van der Waals surface area contributed by atoms with E-state index in [2.05, 4.69) is 120 Å². The van der Waals surface area contributed by atoms with Crippen LogP contribution in [-0.4, -0.2) is 0 Å². The molecule has 7 aromatic rings. The molecule has 0 atom stereocenters. The van der Waals surface area contributed by atoms with Gasteiger partial charge in [0.1, 0.15) is 12.1 Å². The predicted molar refractivity (Wildman–Crippen MR) is 178 cm³/mol. The van der Waals surface area contributed by atoms with Crippen LogP contribution in [0.15, 0.2) is 140 Å². The molecule has 0 N–H and O–H groups in total. The zero-order valence-electron chi connectivity index (χ0n) is 23.3. The Morgan fingerprint density at radius 1 is 0.442 bits per heavy atom. The van der Waals surface area contributed by atoms with Crippen LogP contribution in [0.5, 0.6) is 0 Å². The first-order valence-corrected chi connectivity index (χ1v) is 14.1. The number of hydrogen-bond donors (Lipinski definition) is 0. The molecule has 0 fully saturated rings. The quantitative estimate of drug-likeness (QED) is 0.159. The minimum absolute atomic E-state index is 0.596. The van der Waals surface area contributed by atoms with E-state index < -0.39 is 0 Å². The second kappa shape index (κ2) is 11.0. The van der Waals surface area contributed by atoms with E-state index in [9.17, 15) is 10.5 Å². The summed E-state index contributed by atoms with van der Waals surface area (Å²) in [6, 6.07) is 52.2. The summed E-state index contributed by atoms with van der Waals surface area (Å²) in [5.41, 5.74) is 6.51. The van der Waals surface area contributed by atoms with Gasteiger partial charge in [-0.05, 0) is 52.9 Å². The van der Waals surface area contributed by atoms with Gasteiger partial charge >= 0.3 is 0 Å². The maximum atomic E-state index is 10.0. The molecule has 0 saturated carbocycles. The van der Waals surface area contributed by atoms with E-state index in [0.29, 0.717) is 11.1 Å². The van der Waals surface area contributed by atoms with E-state index in [-0.39, 0.29) is 0 Å². The maximum Gasteiger partial charge on any atom is 0.100 e. The number of rotatable bonds is 5. The molecule has 0 aliphatic rings. The van der Waals surface area contributed by atoms with Crippen LogP contribution in [0, 0.1) is 22.7 Å². The number of nitriles is 2. The Morgan fingerprint density at radius 2 is 0.977 bits per heavy atom. The minimum atomic E-state index is 0.596. The van der Waals surface area contributed by atoms with Gasteiger partial charge in [-0.3, -0.25) is 0 Å². The lowest BCUT2D eigenvalue weighted by molar-refractivity contribution is 1.30. The third-order valence-electron chi connectivity index (χ3n) is 7.91. The van der Waals surface area contributed by atoms with Crippen LogP contribution in [0.25, 0.3) is 44.5 Å². The van der Waals surface area contributed by atoms with Gasteiger partial charge in [-0.15, -0.1) is 0 Å². The van der Waals surface area contributed by atoms with Gasteiger partial charge in [-0.1, -0.05) is 115 Å². The zero-order valence-corrected chi connectivity index (χ0v) is 23.3. The molecule has 0 spiro atoms. The normalized spacial score (nSPS) is 11.1. The molecular formula is C40H25N3. The largest absolute Gasteiger partial charge is 0.310 e. The van der Waals surface area contributed by atoms with Crippen molar-refractivity contribution in [1.29, 1.82) is 10.5 Å². The highest BCUT2D eigenvalue weighted by Gasteiger charge is 2.15. The van der Waals surface area contributed by atoms with Crippen LogP contribution >= 0.6 is 0 Å². The van der Waals surface area contributed by atoms with E-state index >= 15 is 0 Å². The van der Waals surface area contributed by atoms with Crippen LogP contribution in [0.1, 0.15) is 22.3 Å². The molecule has 0 unspecified atom stereocenters. The fraction of sp³-hybridized carbons (Fsp3) is 0. The lowest BCUT2D eigenvalue weighted by Crippen LogP contribution is -2.10.